The molecular weight excluding hydrogens is 248 g/mol. The predicted molar refractivity (Wildman–Crippen MR) is 66.4 cm³/mol. The van der Waals surface area contributed by atoms with Crippen LogP contribution >= 0.6 is 0 Å². The van der Waals surface area contributed by atoms with E-state index in [-0.39, 0.29) is 6.61 Å². The van der Waals surface area contributed by atoms with Crippen molar-refractivity contribution in [3.05, 3.63) is 35.7 Å². The maximum Gasteiger partial charge on any atom is 0.332 e. The Hall–Kier alpha value is -2.21. The molecule has 0 fully saturated rings. The van der Waals surface area contributed by atoms with Crippen molar-refractivity contribution in [2.24, 2.45) is 0 Å². The van der Waals surface area contributed by atoms with Crippen LogP contribution in [0.25, 0.3) is 11.5 Å². The number of hydrogen-bond acceptors (Lipinski definition) is 5. The number of aryl methyl sites for hydroxylation is 1. The lowest BCUT2D eigenvalue weighted by atomic mass is 10.1. The molecule has 0 bridgehead atoms. The Labute approximate surface area is 110 Å². The summed E-state index contributed by atoms with van der Waals surface area (Å²) in [4.78, 5) is 14.7. The van der Waals surface area contributed by atoms with Crippen LogP contribution in [0.3, 0.4) is 0 Å². The van der Waals surface area contributed by atoms with E-state index in [2.05, 4.69) is 10.1 Å². The zero-order valence-electron chi connectivity index (χ0n) is 10.7. The zero-order valence-corrected chi connectivity index (χ0v) is 10.7. The third kappa shape index (κ3) is 3.38. The molecule has 1 aromatic carbocycles. The highest BCUT2D eigenvalue weighted by atomic mass is 16.5. The lowest BCUT2D eigenvalue weighted by Gasteiger charge is -2.04. The number of nitrogens with zero attached hydrogens (tertiary/aromatic N) is 2. The Bertz CT molecular complexity index is 562. The van der Waals surface area contributed by atoms with Crippen molar-refractivity contribution in [3.8, 4) is 11.5 Å². The molecule has 1 N–H and O–H groups in total. The third-order valence-electron chi connectivity index (χ3n) is 2.58. The number of ether oxygens (including phenoxy) is 1. The molecule has 19 heavy (non-hydrogen) atoms. The number of benzene rings is 1. The first-order valence-electron chi connectivity index (χ1n) is 5.80. The van der Waals surface area contributed by atoms with E-state index < -0.39 is 12.1 Å². The Morgan fingerprint density at radius 3 is 2.74 bits per heavy atom. The molecule has 0 aliphatic rings. The van der Waals surface area contributed by atoms with E-state index in [4.69, 9.17) is 14.4 Å². The highest BCUT2D eigenvalue weighted by Crippen LogP contribution is 2.17. The summed E-state index contributed by atoms with van der Waals surface area (Å²) in [6.07, 6.45) is -0.902. The highest BCUT2D eigenvalue weighted by Gasteiger charge is 2.14. The number of carbonyl (C=O) groups is 1. The summed E-state index contributed by atoms with van der Waals surface area (Å²) in [5.41, 5.74) is 1.96. The third-order valence-corrected chi connectivity index (χ3v) is 2.58. The average molecular weight is 262 g/mol. The average Bonchev–Trinajstić information content (AvgIpc) is 2.85. The van der Waals surface area contributed by atoms with Crippen molar-refractivity contribution in [3.63, 3.8) is 0 Å². The van der Waals surface area contributed by atoms with E-state index in [0.29, 0.717) is 11.7 Å². The van der Waals surface area contributed by atoms with E-state index >= 15 is 0 Å². The van der Waals surface area contributed by atoms with Crippen LogP contribution in [0, 0.1) is 6.92 Å². The fraction of sp³-hybridized carbons (Fsp3) is 0.308. The number of rotatable bonds is 5. The normalized spacial score (nSPS) is 12.3. The molecule has 0 saturated carbocycles. The largest absolute Gasteiger partial charge is 0.479 e. The maximum absolute atomic E-state index is 10.6. The summed E-state index contributed by atoms with van der Waals surface area (Å²) < 4.78 is 10.2. The van der Waals surface area contributed by atoms with Gasteiger partial charge in [0.05, 0.1) is 0 Å². The van der Waals surface area contributed by atoms with Gasteiger partial charge in [-0.2, -0.15) is 4.98 Å². The minimum atomic E-state index is -1.03. The molecule has 1 unspecified atom stereocenters. The van der Waals surface area contributed by atoms with Gasteiger partial charge in [-0.1, -0.05) is 22.9 Å². The fourth-order valence-corrected chi connectivity index (χ4v) is 1.40. The second-order valence-corrected chi connectivity index (χ2v) is 4.17. The minimum absolute atomic E-state index is 0.00281. The first kappa shape index (κ1) is 13.2. The smallest absolute Gasteiger partial charge is 0.332 e. The Morgan fingerprint density at radius 2 is 2.11 bits per heavy atom. The number of carboxylic acids is 1. The molecule has 0 spiro atoms. The second kappa shape index (κ2) is 5.62. The minimum Gasteiger partial charge on any atom is -0.479 e. The van der Waals surface area contributed by atoms with Crippen LogP contribution in [-0.4, -0.2) is 27.3 Å². The monoisotopic (exact) mass is 262 g/mol. The Morgan fingerprint density at radius 1 is 1.42 bits per heavy atom. The van der Waals surface area contributed by atoms with Crippen LogP contribution in [0.4, 0.5) is 0 Å². The SMILES string of the molecule is Cc1ccc(-c2nc(COC(C)C(=O)O)no2)cc1. The molecule has 0 saturated heterocycles. The fourth-order valence-electron chi connectivity index (χ4n) is 1.40. The molecule has 100 valence electrons. The molecule has 1 atom stereocenters. The van der Waals surface area contributed by atoms with Gasteiger partial charge in [0, 0.05) is 5.56 Å². The molecular formula is C13H14N2O4. The first-order chi connectivity index (χ1) is 9.06. The van der Waals surface area contributed by atoms with Crippen molar-refractivity contribution in [2.75, 3.05) is 0 Å². The lowest BCUT2D eigenvalue weighted by molar-refractivity contribution is -0.150. The van der Waals surface area contributed by atoms with Gasteiger partial charge in [-0.15, -0.1) is 0 Å². The number of hydrogen-bond donors (Lipinski definition) is 1. The van der Waals surface area contributed by atoms with Crippen molar-refractivity contribution in [1.29, 1.82) is 0 Å². The molecule has 0 amide bonds. The van der Waals surface area contributed by atoms with E-state index in [0.717, 1.165) is 11.1 Å². The molecule has 6 heteroatoms. The van der Waals surface area contributed by atoms with Gasteiger partial charge in [-0.25, -0.2) is 4.79 Å². The van der Waals surface area contributed by atoms with Gasteiger partial charge in [0.15, 0.2) is 11.9 Å². The van der Waals surface area contributed by atoms with Gasteiger partial charge in [-0.3, -0.25) is 0 Å². The second-order valence-electron chi connectivity index (χ2n) is 4.17. The topological polar surface area (TPSA) is 85.5 Å². The molecule has 0 radical (unpaired) electrons. The summed E-state index contributed by atoms with van der Waals surface area (Å²) >= 11 is 0. The molecule has 0 aliphatic heterocycles. The summed E-state index contributed by atoms with van der Waals surface area (Å²) in [5.74, 6) is -0.312. The molecule has 1 heterocycles. The lowest BCUT2D eigenvalue weighted by Crippen LogP contribution is -2.19. The van der Waals surface area contributed by atoms with Gasteiger partial charge in [0.2, 0.25) is 0 Å². The van der Waals surface area contributed by atoms with Crippen LogP contribution < -0.4 is 0 Å². The predicted octanol–water partition coefficient (Wildman–Crippen LogP) is 2.03. The van der Waals surface area contributed by atoms with Crippen molar-refractivity contribution in [2.45, 2.75) is 26.6 Å². The number of carboxylic acid groups (broad SMARTS) is 1. The van der Waals surface area contributed by atoms with Crippen molar-refractivity contribution >= 4 is 5.97 Å². The van der Waals surface area contributed by atoms with Crippen LogP contribution in [-0.2, 0) is 16.1 Å². The summed E-state index contributed by atoms with van der Waals surface area (Å²) in [6.45, 7) is 3.44. The first-order valence-corrected chi connectivity index (χ1v) is 5.80. The van der Waals surface area contributed by atoms with Gasteiger partial charge >= 0.3 is 5.97 Å². The highest BCUT2D eigenvalue weighted by molar-refractivity contribution is 5.71. The van der Waals surface area contributed by atoms with Crippen LogP contribution in [0.1, 0.15) is 18.3 Å². The molecule has 2 rings (SSSR count). The molecule has 0 aliphatic carbocycles. The maximum atomic E-state index is 10.6. The van der Waals surface area contributed by atoms with E-state index in [1.54, 1.807) is 0 Å². The van der Waals surface area contributed by atoms with Crippen LogP contribution in [0.15, 0.2) is 28.8 Å². The quantitative estimate of drug-likeness (QED) is 0.887. The van der Waals surface area contributed by atoms with Gasteiger partial charge in [0.1, 0.15) is 6.61 Å². The van der Waals surface area contributed by atoms with Gasteiger partial charge < -0.3 is 14.4 Å². The summed E-state index contributed by atoms with van der Waals surface area (Å²) in [7, 11) is 0. The number of aliphatic carboxylic acids is 1. The van der Waals surface area contributed by atoms with Gasteiger partial charge in [0.25, 0.3) is 5.89 Å². The van der Waals surface area contributed by atoms with Crippen molar-refractivity contribution < 1.29 is 19.2 Å². The zero-order chi connectivity index (χ0) is 13.8. The van der Waals surface area contributed by atoms with E-state index in [1.807, 2.05) is 31.2 Å². The Kier molecular flexibility index (Phi) is 3.91. The van der Waals surface area contributed by atoms with E-state index in [1.165, 1.54) is 6.92 Å². The molecule has 2 aromatic rings. The van der Waals surface area contributed by atoms with Crippen LogP contribution in [0.2, 0.25) is 0 Å². The Balaban J connectivity index is 2.03. The summed E-state index contributed by atoms with van der Waals surface area (Å²) in [6, 6.07) is 7.66. The number of aromatic nitrogens is 2. The van der Waals surface area contributed by atoms with Crippen molar-refractivity contribution in [1.82, 2.24) is 10.1 Å². The van der Waals surface area contributed by atoms with E-state index in [9.17, 15) is 4.79 Å². The standard InChI is InChI=1S/C13H14N2O4/c1-8-3-5-10(6-4-8)12-14-11(15-19-12)7-18-9(2)13(16)17/h3-6,9H,7H2,1-2H3,(H,16,17). The molecule has 6 nitrogen and oxygen atoms in total. The van der Waals surface area contributed by atoms with Gasteiger partial charge in [-0.05, 0) is 26.0 Å². The summed E-state index contributed by atoms with van der Waals surface area (Å²) in [5, 5.41) is 12.4. The van der Waals surface area contributed by atoms with Crippen LogP contribution in [0.5, 0.6) is 0 Å². The molecule has 1 aromatic heterocycles.